The Labute approximate surface area is 95.4 Å². The molecule has 0 saturated heterocycles. The Morgan fingerprint density at radius 1 is 1.47 bits per heavy atom. The summed E-state index contributed by atoms with van der Waals surface area (Å²) < 4.78 is 0. The van der Waals surface area contributed by atoms with E-state index in [0.29, 0.717) is 0 Å². The third-order valence-electron chi connectivity index (χ3n) is 1.71. The molecule has 0 bridgehead atoms. The van der Waals surface area contributed by atoms with Crippen LogP contribution in [0.2, 0.25) is 10.0 Å². The average molecular weight is 251 g/mol. The summed E-state index contributed by atoms with van der Waals surface area (Å²) in [5.74, 6) is -1.06. The molecule has 0 aliphatic carbocycles. The lowest BCUT2D eigenvalue weighted by Crippen LogP contribution is -2.34. The summed E-state index contributed by atoms with van der Waals surface area (Å²) in [4.78, 5) is 14.3. The van der Waals surface area contributed by atoms with Crippen LogP contribution in [0.15, 0.2) is 12.3 Å². The molecule has 1 aromatic heterocycles. The molecule has 7 heteroatoms. The van der Waals surface area contributed by atoms with Crippen LogP contribution in [0.25, 0.3) is 0 Å². The Bertz CT molecular complexity index is 386. The number of amides is 1. The number of carbonyl (C=O) groups is 1. The Kier molecular flexibility index (Phi) is 3.87. The van der Waals surface area contributed by atoms with Gasteiger partial charge in [0, 0.05) is 6.20 Å². The Balaban J connectivity index is 3.01. The zero-order chi connectivity index (χ0) is 11.6. The molecule has 4 N–H and O–H groups in total. The number of aliphatic hydroxyl groups excluding tert-OH is 2. The number of halogens is 2. The van der Waals surface area contributed by atoms with E-state index in [1.807, 2.05) is 0 Å². The summed E-state index contributed by atoms with van der Waals surface area (Å²) in [5, 5.41) is 19.0. The van der Waals surface area contributed by atoms with Crippen LogP contribution in [0.5, 0.6) is 0 Å². The Hall–Kier alpha value is -0.880. The summed E-state index contributed by atoms with van der Waals surface area (Å²) in [5.41, 5.74) is 4.76. The van der Waals surface area contributed by atoms with Gasteiger partial charge in [-0.25, -0.2) is 0 Å². The number of aromatic nitrogens is 1. The normalized spacial score (nSPS) is 14.7. The van der Waals surface area contributed by atoms with E-state index in [4.69, 9.17) is 28.9 Å². The third kappa shape index (κ3) is 2.79. The van der Waals surface area contributed by atoms with Gasteiger partial charge in [-0.15, -0.1) is 0 Å². The molecule has 0 aromatic carbocycles. The summed E-state index contributed by atoms with van der Waals surface area (Å²) in [6.07, 6.45) is -2.08. The topological polar surface area (TPSA) is 96.4 Å². The minimum Gasteiger partial charge on any atom is -0.383 e. The second-order valence-corrected chi connectivity index (χ2v) is 3.66. The first-order chi connectivity index (χ1) is 6.93. The number of hydrogen-bond donors (Lipinski definition) is 3. The van der Waals surface area contributed by atoms with Gasteiger partial charge in [-0.2, -0.15) is 0 Å². The van der Waals surface area contributed by atoms with Crippen molar-refractivity contribution in [2.24, 2.45) is 5.73 Å². The quantitative estimate of drug-likeness (QED) is 0.718. The maximum Gasteiger partial charge on any atom is 0.249 e. The van der Waals surface area contributed by atoms with Gasteiger partial charge in [0.25, 0.3) is 0 Å². The highest BCUT2D eigenvalue weighted by atomic mass is 35.5. The number of aliphatic hydroxyl groups is 2. The van der Waals surface area contributed by atoms with Crippen molar-refractivity contribution in [2.75, 3.05) is 0 Å². The van der Waals surface area contributed by atoms with Gasteiger partial charge in [0.1, 0.15) is 6.10 Å². The molecule has 82 valence electrons. The van der Waals surface area contributed by atoms with Crippen LogP contribution >= 0.6 is 23.2 Å². The highest BCUT2D eigenvalue weighted by Crippen LogP contribution is 2.25. The van der Waals surface area contributed by atoms with Crippen LogP contribution < -0.4 is 5.73 Å². The first-order valence-corrected chi connectivity index (χ1v) is 4.65. The summed E-state index contributed by atoms with van der Waals surface area (Å²) in [6.45, 7) is 0. The molecule has 1 rings (SSSR count). The van der Waals surface area contributed by atoms with E-state index >= 15 is 0 Å². The van der Waals surface area contributed by atoms with E-state index in [9.17, 15) is 15.0 Å². The lowest BCUT2D eigenvalue weighted by atomic mass is 10.1. The van der Waals surface area contributed by atoms with E-state index in [0.717, 1.165) is 0 Å². The van der Waals surface area contributed by atoms with Gasteiger partial charge in [0.15, 0.2) is 6.10 Å². The molecule has 2 unspecified atom stereocenters. The standard InChI is InChI=1S/C8H8Cl2N2O3/c9-3-1-4(10)5(12-2-3)6(13)7(14)8(11)15/h1-2,6-7,13-14H,(H2,11,15). The predicted molar refractivity (Wildman–Crippen MR) is 54.4 cm³/mol. The van der Waals surface area contributed by atoms with Crippen LogP contribution in [-0.4, -0.2) is 27.2 Å². The van der Waals surface area contributed by atoms with Crippen molar-refractivity contribution in [3.63, 3.8) is 0 Å². The average Bonchev–Trinajstić information content (AvgIpc) is 2.15. The van der Waals surface area contributed by atoms with E-state index in [2.05, 4.69) is 4.98 Å². The predicted octanol–water partition coefficient (Wildman–Crippen LogP) is 0.268. The van der Waals surface area contributed by atoms with E-state index in [1.54, 1.807) is 0 Å². The van der Waals surface area contributed by atoms with Gasteiger partial charge in [-0.1, -0.05) is 23.2 Å². The fourth-order valence-corrected chi connectivity index (χ4v) is 1.44. The SMILES string of the molecule is NC(=O)C(O)C(O)c1ncc(Cl)cc1Cl. The van der Waals surface area contributed by atoms with Crippen molar-refractivity contribution in [2.45, 2.75) is 12.2 Å². The van der Waals surface area contributed by atoms with Crippen LogP contribution in [0.1, 0.15) is 11.8 Å². The maximum atomic E-state index is 10.6. The van der Waals surface area contributed by atoms with Crippen molar-refractivity contribution in [1.29, 1.82) is 0 Å². The highest BCUT2D eigenvalue weighted by molar-refractivity contribution is 6.34. The molecule has 15 heavy (non-hydrogen) atoms. The van der Waals surface area contributed by atoms with Crippen molar-refractivity contribution in [3.8, 4) is 0 Å². The van der Waals surface area contributed by atoms with Gasteiger partial charge in [0.05, 0.1) is 15.7 Å². The molecule has 0 aliphatic heterocycles. The molecular weight excluding hydrogens is 243 g/mol. The number of carbonyl (C=O) groups excluding carboxylic acids is 1. The second kappa shape index (κ2) is 4.76. The molecule has 0 saturated carbocycles. The Morgan fingerprint density at radius 2 is 2.07 bits per heavy atom. The molecule has 0 spiro atoms. The monoisotopic (exact) mass is 250 g/mol. The second-order valence-electron chi connectivity index (χ2n) is 2.81. The number of primary amides is 1. The molecule has 1 amide bonds. The van der Waals surface area contributed by atoms with Crippen LogP contribution in [-0.2, 0) is 4.79 Å². The van der Waals surface area contributed by atoms with Crippen LogP contribution in [0, 0.1) is 0 Å². The molecule has 1 aromatic rings. The van der Waals surface area contributed by atoms with E-state index in [-0.39, 0.29) is 15.7 Å². The van der Waals surface area contributed by atoms with Gasteiger partial charge < -0.3 is 15.9 Å². The zero-order valence-corrected chi connectivity index (χ0v) is 8.90. The van der Waals surface area contributed by atoms with Crippen molar-refractivity contribution < 1.29 is 15.0 Å². The molecule has 1 heterocycles. The number of rotatable bonds is 3. The number of nitrogens with two attached hydrogens (primary N) is 1. The summed E-state index contributed by atoms with van der Waals surface area (Å²) >= 11 is 11.3. The van der Waals surface area contributed by atoms with Gasteiger partial charge in [-0.3, -0.25) is 9.78 Å². The fraction of sp³-hybridized carbons (Fsp3) is 0.250. The van der Waals surface area contributed by atoms with Crippen molar-refractivity contribution in [1.82, 2.24) is 4.98 Å². The van der Waals surface area contributed by atoms with Gasteiger partial charge in [-0.05, 0) is 6.07 Å². The first-order valence-electron chi connectivity index (χ1n) is 3.90. The number of hydrogen-bond acceptors (Lipinski definition) is 4. The lowest BCUT2D eigenvalue weighted by molar-refractivity contribution is -0.132. The first kappa shape index (κ1) is 12.2. The highest BCUT2D eigenvalue weighted by Gasteiger charge is 2.26. The largest absolute Gasteiger partial charge is 0.383 e. The van der Waals surface area contributed by atoms with Crippen LogP contribution in [0.3, 0.4) is 0 Å². The molecule has 0 radical (unpaired) electrons. The smallest absolute Gasteiger partial charge is 0.249 e. The minimum atomic E-state index is -1.75. The summed E-state index contributed by atoms with van der Waals surface area (Å²) in [6, 6.07) is 1.34. The molecule has 0 aliphatic rings. The van der Waals surface area contributed by atoms with Gasteiger partial charge in [0.2, 0.25) is 5.91 Å². The van der Waals surface area contributed by atoms with Crippen molar-refractivity contribution >= 4 is 29.1 Å². The molecule has 5 nitrogen and oxygen atoms in total. The third-order valence-corrected chi connectivity index (χ3v) is 2.22. The number of pyridine rings is 1. The van der Waals surface area contributed by atoms with E-state index < -0.39 is 18.1 Å². The molecule has 0 fully saturated rings. The Morgan fingerprint density at radius 3 is 2.53 bits per heavy atom. The van der Waals surface area contributed by atoms with Crippen LogP contribution in [0.4, 0.5) is 0 Å². The van der Waals surface area contributed by atoms with E-state index in [1.165, 1.54) is 12.3 Å². The fourth-order valence-electron chi connectivity index (χ4n) is 0.948. The minimum absolute atomic E-state index is 0.0487. The van der Waals surface area contributed by atoms with Crippen molar-refractivity contribution in [3.05, 3.63) is 28.0 Å². The number of nitrogens with zero attached hydrogens (tertiary/aromatic N) is 1. The zero-order valence-electron chi connectivity index (χ0n) is 7.39. The maximum absolute atomic E-state index is 10.6. The molecule has 2 atom stereocenters. The lowest BCUT2D eigenvalue weighted by Gasteiger charge is -2.15. The molecular formula is C8H8Cl2N2O3. The summed E-state index contributed by atoms with van der Waals surface area (Å²) in [7, 11) is 0. The van der Waals surface area contributed by atoms with Gasteiger partial charge >= 0.3 is 0 Å².